The lowest BCUT2D eigenvalue weighted by atomic mass is 9.44. The Labute approximate surface area is 228 Å². The van der Waals surface area contributed by atoms with Crippen molar-refractivity contribution in [2.24, 2.45) is 33.7 Å². The van der Waals surface area contributed by atoms with Gasteiger partial charge in [0.1, 0.15) is 18.8 Å². The van der Waals surface area contributed by atoms with Crippen LogP contribution in [-0.4, -0.2) is 90.4 Å². The van der Waals surface area contributed by atoms with Gasteiger partial charge < -0.3 is 29.5 Å². The summed E-state index contributed by atoms with van der Waals surface area (Å²) >= 11 is 0. The van der Waals surface area contributed by atoms with Gasteiger partial charge in [0.2, 0.25) is 0 Å². The van der Waals surface area contributed by atoms with Crippen LogP contribution in [0.2, 0.25) is 0 Å². The smallest absolute Gasteiger partial charge is 0.427 e. The number of ketones is 1. The zero-order valence-corrected chi connectivity index (χ0v) is 23.1. The van der Waals surface area contributed by atoms with E-state index in [2.05, 4.69) is 10.5 Å². The van der Waals surface area contributed by atoms with Crippen molar-refractivity contribution in [3.05, 3.63) is 23.8 Å². The van der Waals surface area contributed by atoms with Gasteiger partial charge >= 0.3 is 6.09 Å². The number of hydrogen-bond donors (Lipinski definition) is 4. The Kier molecular flexibility index (Phi) is 8.41. The van der Waals surface area contributed by atoms with E-state index in [1.807, 2.05) is 0 Å². The van der Waals surface area contributed by atoms with Crippen LogP contribution in [0.5, 0.6) is 0 Å². The van der Waals surface area contributed by atoms with E-state index in [0.29, 0.717) is 38.2 Å². The molecule has 0 aromatic rings. The average molecular weight is 553 g/mol. The SMILES string of the molecule is COCCOCCOC(=O)N/N=C1\C=C[C@@]2(C)C(=C1)CC[C@H]1[C@@H]3C[C@@H](C)[C@](O)(C(=O)CO)[C@@]3(C)C[C@H](O)[C@@]12F. The van der Waals surface area contributed by atoms with E-state index < -0.39 is 58.5 Å². The number of methoxy groups -OCH3 is 1. The summed E-state index contributed by atoms with van der Waals surface area (Å²) in [5.74, 6) is -2.10. The molecule has 0 saturated heterocycles. The van der Waals surface area contributed by atoms with Gasteiger partial charge in [-0.1, -0.05) is 25.5 Å². The van der Waals surface area contributed by atoms with E-state index in [1.54, 1.807) is 46.1 Å². The number of halogens is 1. The van der Waals surface area contributed by atoms with Gasteiger partial charge in [0.25, 0.3) is 0 Å². The van der Waals surface area contributed by atoms with Crippen LogP contribution in [0, 0.1) is 28.6 Å². The first kappa shape index (κ1) is 29.8. The fourth-order valence-corrected chi connectivity index (χ4v) is 7.92. The molecule has 218 valence electrons. The first-order valence-corrected chi connectivity index (χ1v) is 13.6. The van der Waals surface area contributed by atoms with Gasteiger partial charge in [-0.3, -0.25) is 4.79 Å². The Hall–Kier alpha value is -2.18. The van der Waals surface area contributed by atoms with E-state index in [-0.39, 0.29) is 25.6 Å². The normalized spacial score (nSPS) is 41.8. The highest BCUT2D eigenvalue weighted by Crippen LogP contribution is 2.70. The summed E-state index contributed by atoms with van der Waals surface area (Å²) in [4.78, 5) is 24.7. The maximum Gasteiger partial charge on any atom is 0.427 e. The van der Waals surface area contributed by atoms with Crippen LogP contribution in [0.15, 0.2) is 28.9 Å². The molecule has 0 aliphatic heterocycles. The average Bonchev–Trinajstić information content (AvgIpc) is 3.11. The summed E-state index contributed by atoms with van der Waals surface area (Å²) in [6.45, 7) is 5.59. The zero-order chi connectivity index (χ0) is 28.6. The Morgan fingerprint density at radius 2 is 1.92 bits per heavy atom. The molecule has 0 spiro atoms. The van der Waals surface area contributed by atoms with Crippen LogP contribution in [0.25, 0.3) is 0 Å². The second kappa shape index (κ2) is 11.0. The number of allylic oxidation sites excluding steroid dienone is 4. The summed E-state index contributed by atoms with van der Waals surface area (Å²) in [5, 5.41) is 36.7. The number of amides is 1. The second-order valence-electron chi connectivity index (χ2n) is 11.7. The Bertz CT molecular complexity index is 1060. The number of nitrogens with one attached hydrogen (secondary N) is 1. The van der Waals surface area contributed by atoms with Crippen molar-refractivity contribution in [3.8, 4) is 0 Å². The monoisotopic (exact) mass is 552 g/mol. The summed E-state index contributed by atoms with van der Waals surface area (Å²) in [6, 6.07) is 0. The third kappa shape index (κ3) is 4.56. The maximum absolute atomic E-state index is 17.4. The highest BCUT2D eigenvalue weighted by Gasteiger charge is 2.75. The van der Waals surface area contributed by atoms with E-state index in [0.717, 1.165) is 5.57 Å². The largest absolute Gasteiger partial charge is 0.446 e. The third-order valence-corrected chi connectivity index (χ3v) is 9.97. The van der Waals surface area contributed by atoms with Crippen LogP contribution < -0.4 is 5.43 Å². The number of hydrazone groups is 1. The molecule has 8 atom stereocenters. The van der Waals surface area contributed by atoms with Gasteiger partial charge in [-0.15, -0.1) is 0 Å². The highest BCUT2D eigenvalue weighted by molar-refractivity contribution is 6.06. The molecule has 4 aliphatic carbocycles. The molecule has 0 heterocycles. The zero-order valence-electron chi connectivity index (χ0n) is 23.1. The second-order valence-corrected chi connectivity index (χ2v) is 11.7. The van der Waals surface area contributed by atoms with Crippen LogP contribution in [0.4, 0.5) is 9.18 Å². The molecule has 0 bridgehead atoms. The van der Waals surface area contributed by atoms with E-state index in [9.17, 15) is 24.9 Å². The molecule has 39 heavy (non-hydrogen) atoms. The molecular formula is C28H41FN2O8. The quantitative estimate of drug-likeness (QED) is 0.251. The molecule has 3 saturated carbocycles. The molecule has 0 radical (unpaired) electrons. The summed E-state index contributed by atoms with van der Waals surface area (Å²) in [7, 11) is 1.56. The van der Waals surface area contributed by atoms with Crippen molar-refractivity contribution in [3.63, 3.8) is 0 Å². The number of carbonyl (C=O) groups is 2. The van der Waals surface area contributed by atoms with Gasteiger partial charge in [-0.2, -0.15) is 5.10 Å². The van der Waals surface area contributed by atoms with Gasteiger partial charge in [0, 0.05) is 23.9 Å². The number of hydrogen-bond acceptors (Lipinski definition) is 9. The lowest BCUT2D eigenvalue weighted by Crippen LogP contribution is -2.69. The molecule has 4 N–H and O–H groups in total. The highest BCUT2D eigenvalue weighted by atomic mass is 19.1. The predicted octanol–water partition coefficient (Wildman–Crippen LogP) is 2.07. The lowest BCUT2D eigenvalue weighted by Gasteiger charge is -2.62. The minimum atomic E-state index is -2.04. The van der Waals surface area contributed by atoms with Gasteiger partial charge in [0.15, 0.2) is 11.5 Å². The number of ether oxygens (including phenoxy) is 3. The molecule has 4 aliphatic rings. The Morgan fingerprint density at radius 3 is 2.62 bits per heavy atom. The van der Waals surface area contributed by atoms with E-state index in [1.165, 1.54) is 0 Å². The van der Waals surface area contributed by atoms with E-state index in [4.69, 9.17) is 14.2 Å². The molecule has 0 unspecified atom stereocenters. The summed E-state index contributed by atoms with van der Waals surface area (Å²) in [6.07, 6.45) is 4.13. The van der Waals surface area contributed by atoms with E-state index >= 15 is 4.39 Å². The van der Waals surface area contributed by atoms with Crippen LogP contribution >= 0.6 is 0 Å². The summed E-state index contributed by atoms with van der Waals surface area (Å²) in [5.41, 5.74) is -2.56. The number of aliphatic hydroxyl groups is 3. The van der Waals surface area contributed by atoms with Gasteiger partial charge in [0.05, 0.1) is 31.6 Å². The Balaban J connectivity index is 1.50. The van der Waals surface area contributed by atoms with Crippen LogP contribution in [0.1, 0.15) is 46.5 Å². The number of rotatable bonds is 9. The minimum absolute atomic E-state index is 0.0524. The molecule has 0 aromatic heterocycles. The molecule has 10 nitrogen and oxygen atoms in total. The molecule has 11 heteroatoms. The molecule has 0 aromatic carbocycles. The van der Waals surface area contributed by atoms with Crippen molar-refractivity contribution < 1.29 is 43.5 Å². The maximum atomic E-state index is 17.4. The predicted molar refractivity (Wildman–Crippen MR) is 140 cm³/mol. The number of alkyl halides is 1. The lowest BCUT2D eigenvalue weighted by molar-refractivity contribution is -0.219. The molecule has 4 rings (SSSR count). The van der Waals surface area contributed by atoms with Gasteiger partial charge in [-0.05, 0) is 56.6 Å². The van der Waals surface area contributed by atoms with Crippen molar-refractivity contribution in [2.45, 2.75) is 63.8 Å². The fourth-order valence-electron chi connectivity index (χ4n) is 7.92. The van der Waals surface area contributed by atoms with Crippen molar-refractivity contribution in [1.82, 2.24) is 5.43 Å². The van der Waals surface area contributed by atoms with Crippen LogP contribution in [0.3, 0.4) is 0 Å². The van der Waals surface area contributed by atoms with Gasteiger partial charge in [-0.25, -0.2) is 14.6 Å². The Morgan fingerprint density at radius 1 is 1.21 bits per heavy atom. The van der Waals surface area contributed by atoms with Crippen molar-refractivity contribution in [2.75, 3.05) is 40.1 Å². The third-order valence-electron chi connectivity index (χ3n) is 9.97. The number of nitrogens with zero attached hydrogens (tertiary/aromatic N) is 1. The topological polar surface area (TPSA) is 147 Å². The number of fused-ring (bicyclic) bond motifs is 5. The number of carbonyl (C=O) groups excluding carboxylic acids is 2. The number of Topliss-reactive ketones (excluding diaryl/α,β-unsaturated/α-hetero) is 1. The first-order valence-electron chi connectivity index (χ1n) is 13.6. The minimum Gasteiger partial charge on any atom is -0.446 e. The fraction of sp³-hybridized carbons (Fsp3) is 0.750. The molecular weight excluding hydrogens is 511 g/mol. The van der Waals surface area contributed by atoms with Crippen LogP contribution in [-0.2, 0) is 19.0 Å². The molecule has 1 amide bonds. The molecule has 3 fully saturated rings. The first-order chi connectivity index (χ1) is 18.4. The summed E-state index contributed by atoms with van der Waals surface area (Å²) < 4.78 is 32.5. The van der Waals surface area contributed by atoms with Crippen molar-refractivity contribution >= 4 is 17.6 Å². The standard InChI is InChI=1S/C28H41FN2O8/c1-17-13-21-20-6-5-18-14-19(30-31-24(35)39-12-11-38-10-9-37-4)7-8-25(18,2)27(20,29)22(33)15-26(21,3)28(17,36)23(34)16-32/h7-8,14,17,20-22,32-33,36H,5-6,9-13,15-16H2,1-4H3,(H,31,35)/b30-19+/t17-,20+,21+,22+,25+,26+,27+,28+/m1/s1. The number of aliphatic hydroxyl groups excluding tert-OH is 2. The van der Waals surface area contributed by atoms with Crippen molar-refractivity contribution in [1.29, 1.82) is 0 Å².